The molecule has 142 valence electrons. The van der Waals surface area contributed by atoms with E-state index in [4.69, 9.17) is 4.74 Å². The van der Waals surface area contributed by atoms with E-state index in [9.17, 15) is 13.2 Å². The van der Waals surface area contributed by atoms with Gasteiger partial charge in [-0.15, -0.1) is 10.2 Å². The van der Waals surface area contributed by atoms with E-state index in [1.807, 2.05) is 25.1 Å². The molecule has 10 heteroatoms. The highest BCUT2D eigenvalue weighted by Crippen LogP contribution is 2.22. The number of anilines is 1. The summed E-state index contributed by atoms with van der Waals surface area (Å²) in [5.41, 5.74) is 0.442. The number of amides is 1. The minimum Gasteiger partial charge on any atom is -0.492 e. The Balaban J connectivity index is 1.89. The maximum absolute atomic E-state index is 12.2. The maximum atomic E-state index is 12.2. The van der Waals surface area contributed by atoms with Crippen LogP contribution in [0.1, 0.15) is 26.3 Å². The summed E-state index contributed by atoms with van der Waals surface area (Å²) in [5, 5.41) is 10.0. The van der Waals surface area contributed by atoms with Crippen LogP contribution in [0.4, 0.5) is 5.13 Å². The Hall–Kier alpha value is -2.04. The molecule has 26 heavy (non-hydrogen) atoms. The van der Waals surface area contributed by atoms with Crippen LogP contribution < -0.4 is 14.8 Å². The molecule has 2 N–H and O–H groups in total. The van der Waals surface area contributed by atoms with E-state index >= 15 is 0 Å². The molecule has 0 fully saturated rings. The van der Waals surface area contributed by atoms with Gasteiger partial charge < -0.3 is 10.1 Å². The second-order valence-electron chi connectivity index (χ2n) is 6.64. The molecule has 0 spiro atoms. The lowest BCUT2D eigenvalue weighted by molar-refractivity contribution is -0.123. The minimum atomic E-state index is -3.81. The number of carbonyl (C=O) groups excluding carboxylic acids is 1. The summed E-state index contributed by atoms with van der Waals surface area (Å²) in [4.78, 5) is 11.9. The Bertz CT molecular complexity index is 872. The standard InChI is InChI=1S/C16H22N4O4S2/c1-11-6-5-7-12(10-11)24-9-8-17-26(22,23)15-20-19-14(25-15)18-13(21)16(2,3)4/h5-7,10,17H,8-9H2,1-4H3,(H,18,19,21). The largest absolute Gasteiger partial charge is 0.492 e. The highest BCUT2D eigenvalue weighted by Gasteiger charge is 2.25. The van der Waals surface area contributed by atoms with Gasteiger partial charge in [0.15, 0.2) is 0 Å². The summed E-state index contributed by atoms with van der Waals surface area (Å²) in [6.45, 7) is 7.44. The molecule has 1 heterocycles. The van der Waals surface area contributed by atoms with Gasteiger partial charge in [-0.25, -0.2) is 13.1 Å². The number of ether oxygens (including phenoxy) is 1. The molecule has 0 unspecified atom stereocenters. The molecule has 2 rings (SSSR count). The highest BCUT2D eigenvalue weighted by molar-refractivity contribution is 7.91. The topological polar surface area (TPSA) is 110 Å². The van der Waals surface area contributed by atoms with Gasteiger partial charge in [-0.3, -0.25) is 4.79 Å². The summed E-state index contributed by atoms with van der Waals surface area (Å²) in [6, 6.07) is 7.48. The van der Waals surface area contributed by atoms with Crippen LogP contribution in [0.15, 0.2) is 28.6 Å². The van der Waals surface area contributed by atoms with E-state index in [0.29, 0.717) is 5.75 Å². The third kappa shape index (κ3) is 5.75. The molecule has 0 bridgehead atoms. The number of aromatic nitrogens is 2. The number of benzene rings is 1. The summed E-state index contributed by atoms with van der Waals surface area (Å²) >= 11 is 0.795. The number of aryl methyl sites for hydroxylation is 1. The van der Waals surface area contributed by atoms with Crippen molar-refractivity contribution in [1.29, 1.82) is 0 Å². The first-order chi connectivity index (χ1) is 12.1. The molecular formula is C16H22N4O4S2. The van der Waals surface area contributed by atoms with Gasteiger partial charge in [-0.05, 0) is 24.6 Å². The van der Waals surface area contributed by atoms with E-state index in [-0.39, 0.29) is 28.5 Å². The number of rotatable bonds is 7. The van der Waals surface area contributed by atoms with Crippen molar-refractivity contribution in [3.05, 3.63) is 29.8 Å². The molecule has 0 aliphatic carbocycles. The molecule has 1 aromatic carbocycles. The molecule has 8 nitrogen and oxygen atoms in total. The number of carbonyl (C=O) groups is 1. The smallest absolute Gasteiger partial charge is 0.269 e. The number of sulfonamides is 1. The molecule has 1 aromatic heterocycles. The van der Waals surface area contributed by atoms with Gasteiger partial charge in [0.2, 0.25) is 15.4 Å². The quantitative estimate of drug-likeness (QED) is 0.546. The Kier molecular flexibility index (Phi) is 6.32. The number of nitrogens with zero attached hydrogens (tertiary/aromatic N) is 2. The van der Waals surface area contributed by atoms with Crippen molar-refractivity contribution < 1.29 is 17.9 Å². The van der Waals surface area contributed by atoms with Crippen LogP contribution in [0.2, 0.25) is 0 Å². The average molecular weight is 399 g/mol. The van der Waals surface area contributed by atoms with Crippen molar-refractivity contribution in [3.63, 3.8) is 0 Å². The fourth-order valence-electron chi connectivity index (χ4n) is 1.77. The van der Waals surface area contributed by atoms with Crippen LogP contribution in [-0.4, -0.2) is 37.7 Å². The summed E-state index contributed by atoms with van der Waals surface area (Å²) in [6.07, 6.45) is 0. The SMILES string of the molecule is Cc1cccc(OCCNS(=O)(=O)c2nnc(NC(=O)C(C)(C)C)s2)c1. The monoisotopic (exact) mass is 398 g/mol. The van der Waals surface area contributed by atoms with E-state index in [1.165, 1.54) is 0 Å². The van der Waals surface area contributed by atoms with Gasteiger partial charge in [0.25, 0.3) is 10.0 Å². The zero-order valence-corrected chi connectivity index (χ0v) is 16.7. The fourth-order valence-corrected chi connectivity index (χ4v) is 3.71. The van der Waals surface area contributed by atoms with E-state index in [2.05, 4.69) is 20.2 Å². The Labute approximate surface area is 157 Å². The summed E-state index contributed by atoms with van der Waals surface area (Å²) < 4.78 is 32.1. The van der Waals surface area contributed by atoms with Crippen LogP contribution >= 0.6 is 11.3 Å². The first-order valence-electron chi connectivity index (χ1n) is 7.92. The lowest BCUT2D eigenvalue weighted by atomic mass is 9.96. The Morgan fingerprint density at radius 2 is 2.00 bits per heavy atom. The summed E-state index contributed by atoms with van der Waals surface area (Å²) in [7, 11) is -3.81. The average Bonchev–Trinajstić information content (AvgIpc) is 3.00. The predicted molar refractivity (Wildman–Crippen MR) is 99.9 cm³/mol. The van der Waals surface area contributed by atoms with Crippen molar-refractivity contribution in [1.82, 2.24) is 14.9 Å². The zero-order valence-electron chi connectivity index (χ0n) is 15.1. The van der Waals surface area contributed by atoms with Gasteiger partial charge in [-0.1, -0.05) is 44.2 Å². The van der Waals surface area contributed by atoms with Crippen molar-refractivity contribution >= 4 is 32.4 Å². The first-order valence-corrected chi connectivity index (χ1v) is 10.2. The van der Waals surface area contributed by atoms with Crippen LogP contribution in [0.3, 0.4) is 0 Å². The number of hydrogen-bond acceptors (Lipinski definition) is 7. The van der Waals surface area contributed by atoms with E-state index in [0.717, 1.165) is 16.9 Å². The van der Waals surface area contributed by atoms with Gasteiger partial charge in [0, 0.05) is 12.0 Å². The van der Waals surface area contributed by atoms with Crippen LogP contribution in [0.25, 0.3) is 0 Å². The fraction of sp³-hybridized carbons (Fsp3) is 0.438. The number of hydrogen-bond donors (Lipinski definition) is 2. The Morgan fingerprint density at radius 1 is 1.27 bits per heavy atom. The van der Waals surface area contributed by atoms with Crippen molar-refractivity contribution in [2.45, 2.75) is 32.0 Å². The van der Waals surface area contributed by atoms with E-state index < -0.39 is 15.4 Å². The maximum Gasteiger partial charge on any atom is 0.269 e. The zero-order chi connectivity index (χ0) is 19.4. The van der Waals surface area contributed by atoms with Gasteiger partial charge >= 0.3 is 0 Å². The third-order valence-corrected chi connectivity index (χ3v) is 5.86. The number of nitrogens with one attached hydrogen (secondary N) is 2. The van der Waals surface area contributed by atoms with Gasteiger partial charge in [0.05, 0.1) is 0 Å². The second-order valence-corrected chi connectivity index (χ2v) is 9.56. The molecule has 2 aromatic rings. The Morgan fingerprint density at radius 3 is 2.65 bits per heavy atom. The van der Waals surface area contributed by atoms with Crippen molar-refractivity contribution in [2.24, 2.45) is 5.41 Å². The normalized spacial score (nSPS) is 12.0. The molecule has 0 aliphatic heterocycles. The lowest BCUT2D eigenvalue weighted by Gasteiger charge is -2.15. The molecule has 1 amide bonds. The van der Waals surface area contributed by atoms with Gasteiger partial charge in [0.1, 0.15) is 12.4 Å². The molecule has 0 aliphatic rings. The summed E-state index contributed by atoms with van der Waals surface area (Å²) in [5.74, 6) is 0.407. The van der Waals surface area contributed by atoms with E-state index in [1.54, 1.807) is 26.8 Å². The minimum absolute atomic E-state index is 0.0829. The first kappa shape index (κ1) is 20.3. The van der Waals surface area contributed by atoms with Crippen molar-refractivity contribution in [3.8, 4) is 5.75 Å². The van der Waals surface area contributed by atoms with Crippen molar-refractivity contribution in [2.75, 3.05) is 18.5 Å². The molecule has 0 saturated heterocycles. The molecule has 0 saturated carbocycles. The van der Waals surface area contributed by atoms with Crippen LogP contribution in [0, 0.1) is 12.3 Å². The van der Waals surface area contributed by atoms with Crippen LogP contribution in [-0.2, 0) is 14.8 Å². The highest BCUT2D eigenvalue weighted by atomic mass is 32.2. The molecular weight excluding hydrogens is 376 g/mol. The van der Waals surface area contributed by atoms with Crippen LogP contribution in [0.5, 0.6) is 5.75 Å². The third-order valence-electron chi connectivity index (χ3n) is 3.19. The molecule has 0 atom stereocenters. The predicted octanol–water partition coefficient (Wildman–Crippen LogP) is 2.19. The lowest BCUT2D eigenvalue weighted by Crippen LogP contribution is -2.28. The van der Waals surface area contributed by atoms with Gasteiger partial charge in [-0.2, -0.15) is 0 Å². The molecule has 0 radical (unpaired) electrons. The second kappa shape index (κ2) is 8.11.